The lowest BCUT2D eigenvalue weighted by atomic mass is 9.70. The van der Waals surface area contributed by atoms with Gasteiger partial charge in [-0.2, -0.15) is 15.3 Å². The molecule has 0 radical (unpaired) electrons. The number of piperazine rings is 1. The van der Waals surface area contributed by atoms with Crippen LogP contribution in [0.1, 0.15) is 114 Å². The predicted molar refractivity (Wildman–Crippen MR) is 202 cm³/mol. The van der Waals surface area contributed by atoms with Crippen LogP contribution < -0.4 is 15.1 Å². The molecule has 280 valence electrons. The van der Waals surface area contributed by atoms with Crippen molar-refractivity contribution >= 4 is 23.8 Å². The van der Waals surface area contributed by atoms with Crippen LogP contribution in [-0.2, 0) is 20.4 Å². The van der Waals surface area contributed by atoms with Crippen molar-refractivity contribution in [3.8, 4) is 0 Å². The highest BCUT2D eigenvalue weighted by Crippen LogP contribution is 2.41. The van der Waals surface area contributed by atoms with Crippen LogP contribution in [0.15, 0.2) is 42.6 Å². The van der Waals surface area contributed by atoms with E-state index in [0.29, 0.717) is 31.5 Å². The Kier molecular flexibility index (Phi) is 11.8. The van der Waals surface area contributed by atoms with Crippen molar-refractivity contribution in [2.45, 2.75) is 108 Å². The lowest BCUT2D eigenvalue weighted by Gasteiger charge is -2.35. The molecule has 3 aromatic heterocycles. The standard InChI is InChI=1S/C40H57N9O3/c1-28(2)32(34-7-6-30(24-42-34)49-23-22-47(27-50)26-38(49)52)12-16-40(5,36-9-8-33(43-45-36)29-13-19-41-20-14-29)18-17-39(3,4)35-10-11-37(46-44-35)48-21-15-31(51)25-48/h6-11,24,27-29,31-32,41,51H,12-23,25-26H2,1-5H3. The number of nitrogens with zero attached hydrogens (tertiary/aromatic N) is 8. The van der Waals surface area contributed by atoms with Crippen molar-refractivity contribution in [1.82, 2.24) is 35.6 Å². The molecule has 0 saturated carbocycles. The van der Waals surface area contributed by atoms with Crippen molar-refractivity contribution in [1.29, 1.82) is 0 Å². The maximum absolute atomic E-state index is 12.7. The molecule has 0 aliphatic carbocycles. The van der Waals surface area contributed by atoms with Gasteiger partial charge in [0.1, 0.15) is 0 Å². The second-order valence-corrected chi connectivity index (χ2v) is 16.4. The Hall–Kier alpha value is -4.03. The Morgan fingerprint density at radius 1 is 0.904 bits per heavy atom. The number of hydrogen-bond acceptors (Lipinski definition) is 10. The van der Waals surface area contributed by atoms with Crippen molar-refractivity contribution in [3.05, 3.63) is 65.4 Å². The number of pyridine rings is 1. The Morgan fingerprint density at radius 3 is 2.27 bits per heavy atom. The molecule has 3 aliphatic heterocycles. The maximum Gasteiger partial charge on any atom is 0.246 e. The zero-order chi connectivity index (χ0) is 36.9. The zero-order valence-corrected chi connectivity index (χ0v) is 31.7. The number of hydrogen-bond donors (Lipinski definition) is 2. The Labute approximate surface area is 308 Å². The fourth-order valence-corrected chi connectivity index (χ4v) is 8.03. The molecular formula is C40H57N9O3. The van der Waals surface area contributed by atoms with Crippen molar-refractivity contribution in [2.24, 2.45) is 5.92 Å². The molecule has 12 nitrogen and oxygen atoms in total. The van der Waals surface area contributed by atoms with Crippen LogP contribution in [0.5, 0.6) is 0 Å². The average Bonchev–Trinajstić information content (AvgIpc) is 3.61. The van der Waals surface area contributed by atoms with Gasteiger partial charge in [-0.15, -0.1) is 5.10 Å². The lowest BCUT2D eigenvalue weighted by molar-refractivity contribution is -0.128. The molecule has 52 heavy (non-hydrogen) atoms. The summed E-state index contributed by atoms with van der Waals surface area (Å²) in [6, 6.07) is 12.6. The van der Waals surface area contributed by atoms with Crippen molar-refractivity contribution in [2.75, 3.05) is 55.6 Å². The number of rotatable bonds is 14. The monoisotopic (exact) mass is 711 g/mol. The predicted octanol–water partition coefficient (Wildman–Crippen LogP) is 4.74. The van der Waals surface area contributed by atoms with Gasteiger partial charge in [0.05, 0.1) is 41.6 Å². The van der Waals surface area contributed by atoms with E-state index >= 15 is 0 Å². The number of carbonyl (C=O) groups is 2. The summed E-state index contributed by atoms with van der Waals surface area (Å²) in [6.07, 6.45) is 8.79. The molecular weight excluding hydrogens is 654 g/mol. The van der Waals surface area contributed by atoms with Gasteiger partial charge < -0.3 is 25.1 Å². The fourth-order valence-electron chi connectivity index (χ4n) is 8.03. The highest BCUT2D eigenvalue weighted by atomic mass is 16.3. The number of aliphatic hydroxyl groups is 1. The zero-order valence-electron chi connectivity index (χ0n) is 31.7. The molecule has 3 aromatic rings. The average molecular weight is 712 g/mol. The summed E-state index contributed by atoms with van der Waals surface area (Å²) in [6.45, 7) is 15.8. The first-order valence-corrected chi connectivity index (χ1v) is 19.2. The largest absolute Gasteiger partial charge is 0.391 e. The number of amides is 2. The number of aliphatic hydroxyl groups excluding tert-OH is 1. The molecule has 6 rings (SSSR count). The molecule has 0 bridgehead atoms. The summed E-state index contributed by atoms with van der Waals surface area (Å²) in [7, 11) is 0. The number of carbonyl (C=O) groups excluding carboxylic acids is 2. The van der Waals surface area contributed by atoms with Crippen LogP contribution in [0.4, 0.5) is 11.5 Å². The summed E-state index contributed by atoms with van der Waals surface area (Å²) in [4.78, 5) is 34.1. The van der Waals surface area contributed by atoms with Gasteiger partial charge >= 0.3 is 0 Å². The van der Waals surface area contributed by atoms with Gasteiger partial charge in [-0.25, -0.2) is 0 Å². The van der Waals surface area contributed by atoms with Gasteiger partial charge in [0.2, 0.25) is 12.3 Å². The molecule has 2 amide bonds. The molecule has 0 aromatic carbocycles. The third-order valence-corrected chi connectivity index (χ3v) is 11.9. The molecule has 3 unspecified atom stereocenters. The molecule has 0 spiro atoms. The van der Waals surface area contributed by atoms with Crippen molar-refractivity contribution in [3.63, 3.8) is 0 Å². The van der Waals surface area contributed by atoms with E-state index in [-0.39, 0.29) is 35.3 Å². The maximum atomic E-state index is 12.7. The fraction of sp³-hybridized carbons (Fsp3) is 0.625. The first-order chi connectivity index (χ1) is 25.0. The minimum absolute atomic E-state index is 0.0902. The summed E-state index contributed by atoms with van der Waals surface area (Å²) < 4.78 is 0. The number of nitrogens with one attached hydrogen (secondary N) is 1. The molecule has 2 N–H and O–H groups in total. The first kappa shape index (κ1) is 37.7. The highest BCUT2D eigenvalue weighted by Gasteiger charge is 2.35. The molecule has 3 fully saturated rings. The molecule has 3 saturated heterocycles. The Morgan fingerprint density at radius 2 is 1.67 bits per heavy atom. The van der Waals surface area contributed by atoms with Gasteiger partial charge in [0, 0.05) is 54.5 Å². The van der Waals surface area contributed by atoms with E-state index in [9.17, 15) is 14.7 Å². The summed E-state index contributed by atoms with van der Waals surface area (Å²) in [5.74, 6) is 1.75. The summed E-state index contributed by atoms with van der Waals surface area (Å²) in [5, 5.41) is 32.5. The van der Waals surface area contributed by atoms with Gasteiger partial charge in [-0.05, 0) is 100 Å². The Bertz CT molecular complexity index is 1630. The smallest absolute Gasteiger partial charge is 0.246 e. The summed E-state index contributed by atoms with van der Waals surface area (Å²) >= 11 is 0. The number of β-amino-alcohol motifs (C(OH)–C–C–N with tert-alkyl or cyclic N) is 1. The van der Waals surface area contributed by atoms with Crippen LogP contribution in [0.3, 0.4) is 0 Å². The third-order valence-electron chi connectivity index (χ3n) is 11.9. The normalized spacial score (nSPS) is 20.7. The van der Waals surface area contributed by atoms with Crippen molar-refractivity contribution < 1.29 is 14.7 Å². The van der Waals surface area contributed by atoms with Crippen LogP contribution in [0.2, 0.25) is 0 Å². The molecule has 3 atom stereocenters. The quantitative estimate of drug-likeness (QED) is 0.226. The summed E-state index contributed by atoms with van der Waals surface area (Å²) in [5.41, 5.74) is 4.40. The minimum Gasteiger partial charge on any atom is -0.391 e. The SMILES string of the molecule is CC(C)C(CCC(C)(CCC(C)(C)c1ccc(N2CCC(O)C2)nn1)c1ccc(C2CCNCC2)nn1)c1ccc(N2CCN(C=O)CC2=O)cn1. The number of anilines is 2. The lowest BCUT2D eigenvalue weighted by Crippen LogP contribution is -2.49. The van der Waals surface area contributed by atoms with Crippen LogP contribution in [-0.4, -0.2) is 99.6 Å². The van der Waals surface area contributed by atoms with Crippen LogP contribution >= 0.6 is 0 Å². The highest BCUT2D eigenvalue weighted by molar-refractivity contribution is 5.96. The Balaban J connectivity index is 1.19. The van der Waals surface area contributed by atoms with Gasteiger partial charge in [0.15, 0.2) is 5.82 Å². The van der Waals surface area contributed by atoms with E-state index in [1.165, 1.54) is 4.90 Å². The van der Waals surface area contributed by atoms with Gasteiger partial charge in [0.25, 0.3) is 0 Å². The third kappa shape index (κ3) is 8.77. The van der Waals surface area contributed by atoms with E-state index in [1.54, 1.807) is 4.90 Å². The number of piperidine rings is 1. The minimum atomic E-state index is -0.306. The second kappa shape index (κ2) is 16.3. The molecule has 12 heteroatoms. The van der Waals surface area contributed by atoms with Gasteiger partial charge in [-0.1, -0.05) is 34.6 Å². The van der Waals surface area contributed by atoms with E-state index in [1.807, 2.05) is 18.3 Å². The molecule has 6 heterocycles. The second-order valence-electron chi connectivity index (χ2n) is 16.4. The van der Waals surface area contributed by atoms with Crippen LogP contribution in [0.25, 0.3) is 0 Å². The topological polar surface area (TPSA) is 141 Å². The van der Waals surface area contributed by atoms with E-state index in [2.05, 4.69) is 74.2 Å². The first-order valence-electron chi connectivity index (χ1n) is 19.2. The van der Waals surface area contributed by atoms with Crippen LogP contribution in [0, 0.1) is 5.92 Å². The van der Waals surface area contributed by atoms with E-state index in [4.69, 9.17) is 20.3 Å². The molecule has 3 aliphatic rings. The number of aromatic nitrogens is 5. The van der Waals surface area contributed by atoms with E-state index < -0.39 is 0 Å². The van der Waals surface area contributed by atoms with Gasteiger partial charge in [-0.3, -0.25) is 14.6 Å². The van der Waals surface area contributed by atoms with E-state index in [0.717, 1.165) is 105 Å².